The zero-order chi connectivity index (χ0) is 16.4. The number of piperidine rings is 1. The number of pyridine rings is 1. The highest BCUT2D eigenvalue weighted by Gasteiger charge is 2.36. The lowest BCUT2D eigenvalue weighted by Gasteiger charge is -2.32. The minimum Gasteiger partial charge on any atom is -0.378 e. The molecule has 3 fully saturated rings. The fourth-order valence-electron chi connectivity index (χ4n) is 4.17. The minimum absolute atomic E-state index is 0.00782. The zero-order valence-corrected chi connectivity index (χ0v) is 14.1. The molecule has 1 amide bonds. The molecule has 4 rings (SSSR count). The summed E-state index contributed by atoms with van der Waals surface area (Å²) in [7, 11) is 0. The van der Waals surface area contributed by atoms with E-state index in [4.69, 9.17) is 4.74 Å². The molecular formula is C18H26N4O2. The average Bonchev–Trinajstić information content (AvgIpc) is 3.06. The Labute approximate surface area is 143 Å². The van der Waals surface area contributed by atoms with E-state index in [9.17, 15) is 4.79 Å². The number of ether oxygens (including phenoxy) is 1. The molecule has 0 unspecified atom stereocenters. The molecule has 6 heteroatoms. The van der Waals surface area contributed by atoms with Crippen molar-refractivity contribution in [2.75, 3.05) is 44.3 Å². The van der Waals surface area contributed by atoms with Crippen molar-refractivity contribution in [2.24, 2.45) is 0 Å². The number of aromatic nitrogens is 1. The second-order valence-electron chi connectivity index (χ2n) is 6.97. The van der Waals surface area contributed by atoms with Crippen molar-refractivity contribution in [3.63, 3.8) is 0 Å². The van der Waals surface area contributed by atoms with Crippen LogP contribution in [-0.2, 0) is 4.74 Å². The van der Waals surface area contributed by atoms with Crippen molar-refractivity contribution in [1.82, 2.24) is 15.2 Å². The van der Waals surface area contributed by atoms with Gasteiger partial charge in [-0.15, -0.1) is 0 Å². The van der Waals surface area contributed by atoms with Crippen LogP contribution >= 0.6 is 0 Å². The van der Waals surface area contributed by atoms with E-state index < -0.39 is 0 Å². The van der Waals surface area contributed by atoms with Crippen LogP contribution in [0.4, 0.5) is 5.82 Å². The Hall–Kier alpha value is -1.66. The van der Waals surface area contributed by atoms with Crippen LogP contribution in [0.3, 0.4) is 0 Å². The summed E-state index contributed by atoms with van der Waals surface area (Å²) in [4.78, 5) is 21.8. The van der Waals surface area contributed by atoms with Gasteiger partial charge >= 0.3 is 0 Å². The van der Waals surface area contributed by atoms with Gasteiger partial charge in [0.2, 0.25) is 0 Å². The molecule has 24 heavy (non-hydrogen) atoms. The lowest BCUT2D eigenvalue weighted by Crippen LogP contribution is -2.46. The summed E-state index contributed by atoms with van der Waals surface area (Å²) in [5.74, 6) is 0.933. The molecule has 3 aliphatic rings. The van der Waals surface area contributed by atoms with Crippen LogP contribution < -0.4 is 10.2 Å². The Morgan fingerprint density at radius 2 is 2.00 bits per heavy atom. The quantitative estimate of drug-likeness (QED) is 0.905. The number of rotatable bonds is 3. The van der Waals surface area contributed by atoms with E-state index in [1.165, 1.54) is 25.8 Å². The van der Waals surface area contributed by atoms with Gasteiger partial charge in [0, 0.05) is 37.9 Å². The summed E-state index contributed by atoms with van der Waals surface area (Å²) in [6.45, 7) is 5.50. The second-order valence-corrected chi connectivity index (χ2v) is 6.97. The van der Waals surface area contributed by atoms with Gasteiger partial charge in [0.25, 0.3) is 5.91 Å². The van der Waals surface area contributed by atoms with Crippen molar-refractivity contribution in [2.45, 2.75) is 37.8 Å². The molecule has 0 saturated carbocycles. The van der Waals surface area contributed by atoms with E-state index >= 15 is 0 Å². The van der Waals surface area contributed by atoms with Gasteiger partial charge in [-0.05, 0) is 37.9 Å². The van der Waals surface area contributed by atoms with Gasteiger partial charge in [0.15, 0.2) is 0 Å². The molecule has 130 valence electrons. The van der Waals surface area contributed by atoms with Crippen LogP contribution in [0.25, 0.3) is 0 Å². The predicted octanol–water partition coefficient (Wildman–Crippen LogP) is 1.27. The number of hydrogen-bond acceptors (Lipinski definition) is 5. The van der Waals surface area contributed by atoms with Crippen LogP contribution in [0.2, 0.25) is 0 Å². The first-order valence-corrected chi connectivity index (χ1v) is 9.15. The molecule has 6 nitrogen and oxygen atoms in total. The average molecular weight is 330 g/mol. The maximum Gasteiger partial charge on any atom is 0.253 e. The summed E-state index contributed by atoms with van der Waals surface area (Å²) in [5, 5.41) is 3.24. The summed E-state index contributed by atoms with van der Waals surface area (Å²) >= 11 is 0. The van der Waals surface area contributed by atoms with E-state index in [0.717, 1.165) is 45.1 Å². The standard InChI is InChI=1S/C18H26N4O2/c23-18(20-15-6-8-21-7-2-1-3-16(15)21)14-4-5-17(19-13-14)22-9-11-24-12-10-22/h4-5,13,15-16H,1-3,6-12H2,(H,20,23)/t15-,16+/m1/s1. The SMILES string of the molecule is O=C(N[C@@H]1CCN2CCCC[C@@H]12)c1ccc(N2CCOCC2)nc1. The van der Waals surface area contributed by atoms with Gasteiger partial charge < -0.3 is 15.0 Å². The monoisotopic (exact) mass is 330 g/mol. The van der Waals surface area contributed by atoms with Crippen LogP contribution in [0.1, 0.15) is 36.0 Å². The molecule has 1 N–H and O–H groups in total. The highest BCUT2D eigenvalue weighted by atomic mass is 16.5. The highest BCUT2D eigenvalue weighted by molar-refractivity contribution is 5.94. The Morgan fingerprint density at radius 3 is 2.79 bits per heavy atom. The topological polar surface area (TPSA) is 57.7 Å². The number of hydrogen-bond donors (Lipinski definition) is 1. The Morgan fingerprint density at radius 1 is 1.12 bits per heavy atom. The van der Waals surface area contributed by atoms with Gasteiger partial charge in [-0.3, -0.25) is 9.69 Å². The molecule has 0 aromatic carbocycles. The minimum atomic E-state index is 0.00782. The van der Waals surface area contributed by atoms with Gasteiger partial charge in [-0.2, -0.15) is 0 Å². The third kappa shape index (κ3) is 3.26. The van der Waals surface area contributed by atoms with E-state index in [1.54, 1.807) is 6.20 Å². The molecule has 2 atom stereocenters. The van der Waals surface area contributed by atoms with Crippen LogP contribution in [-0.4, -0.2) is 67.3 Å². The molecule has 0 radical (unpaired) electrons. The predicted molar refractivity (Wildman–Crippen MR) is 92.4 cm³/mol. The van der Waals surface area contributed by atoms with E-state index in [0.29, 0.717) is 11.6 Å². The molecule has 3 aliphatic heterocycles. The fraction of sp³-hybridized carbons (Fsp3) is 0.667. The van der Waals surface area contributed by atoms with Gasteiger partial charge in [-0.1, -0.05) is 6.42 Å². The second kappa shape index (κ2) is 7.07. The molecular weight excluding hydrogens is 304 g/mol. The third-order valence-corrected chi connectivity index (χ3v) is 5.52. The molecule has 3 saturated heterocycles. The highest BCUT2D eigenvalue weighted by Crippen LogP contribution is 2.27. The number of nitrogens with zero attached hydrogens (tertiary/aromatic N) is 3. The molecule has 0 bridgehead atoms. The number of fused-ring (bicyclic) bond motifs is 1. The number of carbonyl (C=O) groups excluding carboxylic acids is 1. The first-order chi connectivity index (χ1) is 11.8. The van der Waals surface area contributed by atoms with Gasteiger partial charge in [0.1, 0.15) is 5.82 Å². The number of anilines is 1. The number of nitrogens with one attached hydrogen (secondary N) is 1. The fourth-order valence-corrected chi connectivity index (χ4v) is 4.17. The lowest BCUT2D eigenvalue weighted by atomic mass is 9.99. The summed E-state index contributed by atoms with van der Waals surface area (Å²) in [6.07, 6.45) is 6.55. The van der Waals surface area contributed by atoms with Crippen molar-refractivity contribution in [1.29, 1.82) is 0 Å². The van der Waals surface area contributed by atoms with Crippen LogP contribution in [0, 0.1) is 0 Å². The van der Waals surface area contributed by atoms with E-state index in [2.05, 4.69) is 20.1 Å². The molecule has 0 spiro atoms. The molecule has 4 heterocycles. The molecule has 1 aromatic heterocycles. The summed E-state index contributed by atoms with van der Waals surface area (Å²) in [6, 6.07) is 4.66. The largest absolute Gasteiger partial charge is 0.378 e. The van der Waals surface area contributed by atoms with Crippen molar-refractivity contribution >= 4 is 11.7 Å². The van der Waals surface area contributed by atoms with E-state index in [-0.39, 0.29) is 11.9 Å². The van der Waals surface area contributed by atoms with Crippen LogP contribution in [0.15, 0.2) is 18.3 Å². The zero-order valence-electron chi connectivity index (χ0n) is 14.1. The smallest absolute Gasteiger partial charge is 0.253 e. The number of amides is 1. The normalized spacial score (nSPS) is 27.8. The molecule has 1 aromatic rings. The summed E-state index contributed by atoms with van der Waals surface area (Å²) in [5.41, 5.74) is 0.654. The Bertz CT molecular complexity index is 571. The Balaban J connectivity index is 1.37. The van der Waals surface area contributed by atoms with Crippen molar-refractivity contribution in [3.8, 4) is 0 Å². The Kier molecular flexibility index (Phi) is 4.67. The maximum atomic E-state index is 12.6. The van der Waals surface area contributed by atoms with Gasteiger partial charge in [0.05, 0.1) is 18.8 Å². The third-order valence-electron chi connectivity index (χ3n) is 5.52. The lowest BCUT2D eigenvalue weighted by molar-refractivity contribution is 0.0915. The number of carbonyl (C=O) groups is 1. The van der Waals surface area contributed by atoms with E-state index in [1.807, 2.05) is 12.1 Å². The first kappa shape index (κ1) is 15.8. The summed E-state index contributed by atoms with van der Waals surface area (Å²) < 4.78 is 5.36. The van der Waals surface area contributed by atoms with Crippen molar-refractivity contribution in [3.05, 3.63) is 23.9 Å². The maximum absolute atomic E-state index is 12.6. The first-order valence-electron chi connectivity index (χ1n) is 9.15. The van der Waals surface area contributed by atoms with Crippen molar-refractivity contribution < 1.29 is 9.53 Å². The van der Waals surface area contributed by atoms with Gasteiger partial charge in [-0.25, -0.2) is 4.98 Å². The molecule has 0 aliphatic carbocycles. The van der Waals surface area contributed by atoms with Crippen LogP contribution in [0.5, 0.6) is 0 Å². The number of morpholine rings is 1.